The minimum atomic E-state index is -5.07. The summed E-state index contributed by atoms with van der Waals surface area (Å²) in [6.07, 6.45) is -29.4. The molecule has 3 N–H and O–H groups in total. The van der Waals surface area contributed by atoms with Crippen LogP contribution in [-0.2, 0) is 36.0 Å². The van der Waals surface area contributed by atoms with Gasteiger partial charge in [-0.15, -0.1) is 52.7 Å². The maximum Gasteiger partial charge on any atom is 0.573 e. The van der Waals surface area contributed by atoms with E-state index in [9.17, 15) is 87.8 Å². The molecule has 0 aliphatic carbocycles. The normalized spacial score (nSPS) is 12.4. The van der Waals surface area contributed by atoms with Crippen LogP contribution < -0.4 is 30.0 Å². The lowest BCUT2D eigenvalue weighted by Crippen LogP contribution is -2.39. The molecule has 0 bridgehead atoms. The van der Waals surface area contributed by atoms with Gasteiger partial charge in [0.15, 0.2) is 0 Å². The predicted octanol–water partition coefficient (Wildman–Crippen LogP) is 18.9. The largest absolute Gasteiger partial charge is 0.573 e. The second-order valence-electron chi connectivity index (χ2n) is 18.7. The lowest BCUT2D eigenvalue weighted by Gasteiger charge is -2.37. The fourth-order valence-electron chi connectivity index (χ4n) is 8.99. The van der Waals surface area contributed by atoms with Crippen molar-refractivity contribution in [3.05, 3.63) is 255 Å². The Labute approximate surface area is 490 Å². The maximum atomic E-state index is 14.0. The van der Waals surface area contributed by atoms with E-state index in [-0.39, 0.29) is 47.2 Å². The minimum Gasteiger partial charge on any atom is -0.406 e. The standard InChI is InChI=1S/C30H21F10NO2.C23H19F6NO2.C7H3BrF4/c31-26-13-12-22(16-25(26)28(32,33)34)41-18-27(17-19-6-2-1-3-7-19,20-8-4-10-23(14-20)42-29(35,36)37)21-9-5-11-24(15-21)43-30(38,39)40;24-22(25,26)31-19-10-4-8-17(12-19)21(15-30,14-16-6-2-1-3-7-16)18-9-5-11-20(13-18)32-23(27,28)29;8-4-1-2-6(9)5(3-4)7(10,11)12/h1-16,41H,17-18H2;1-13H,14-15,30H2;1-3H. The van der Waals surface area contributed by atoms with Gasteiger partial charge in [0, 0.05) is 34.1 Å². The van der Waals surface area contributed by atoms with Crippen LogP contribution in [0, 0.1) is 11.6 Å². The Morgan fingerprint density at radius 1 is 0.356 bits per heavy atom. The Kier molecular flexibility index (Phi) is 21.6. The summed E-state index contributed by atoms with van der Waals surface area (Å²) in [6, 6.07) is 42.2. The number of anilines is 1. The monoisotopic (exact) mass is 1310 g/mol. The molecule has 464 valence electrons. The van der Waals surface area contributed by atoms with Gasteiger partial charge in [-0.05, 0) is 131 Å². The van der Waals surface area contributed by atoms with Crippen LogP contribution in [0.3, 0.4) is 0 Å². The van der Waals surface area contributed by atoms with E-state index in [1.165, 1.54) is 54.6 Å². The molecular weight excluding hydrogens is 1270 g/mol. The molecule has 0 fully saturated rings. The maximum absolute atomic E-state index is 14.0. The molecule has 0 aliphatic heterocycles. The van der Waals surface area contributed by atoms with E-state index in [0.717, 1.165) is 54.1 Å². The number of halogens is 21. The van der Waals surface area contributed by atoms with Crippen LogP contribution in [0.4, 0.5) is 93.5 Å². The third kappa shape index (κ3) is 20.2. The lowest BCUT2D eigenvalue weighted by molar-refractivity contribution is -0.275. The molecule has 27 heteroatoms. The van der Waals surface area contributed by atoms with Gasteiger partial charge in [-0.3, -0.25) is 0 Å². The fraction of sp³-hybridized carbons (Fsp3) is 0.200. The van der Waals surface area contributed by atoms with Crippen LogP contribution >= 0.6 is 15.9 Å². The molecule has 0 atom stereocenters. The minimum absolute atomic E-state index is 0.0564. The number of nitrogens with two attached hydrogens (primary N) is 1. The molecule has 0 spiro atoms. The number of hydrogen-bond donors (Lipinski definition) is 2. The highest BCUT2D eigenvalue weighted by Gasteiger charge is 2.41. The van der Waals surface area contributed by atoms with Crippen LogP contribution in [0.2, 0.25) is 0 Å². The summed E-state index contributed by atoms with van der Waals surface area (Å²) in [5, 5.41) is 2.79. The van der Waals surface area contributed by atoms with E-state index in [4.69, 9.17) is 5.73 Å². The highest BCUT2D eigenvalue weighted by atomic mass is 79.9. The first-order valence-electron chi connectivity index (χ1n) is 24.8. The Balaban J connectivity index is 0.000000240. The third-order valence-electron chi connectivity index (χ3n) is 12.6. The first-order valence-corrected chi connectivity index (χ1v) is 25.6. The van der Waals surface area contributed by atoms with Gasteiger partial charge in [-0.1, -0.05) is 125 Å². The molecule has 0 heterocycles. The summed E-state index contributed by atoms with van der Waals surface area (Å²) in [6.45, 7) is -0.470. The zero-order valence-electron chi connectivity index (χ0n) is 44.0. The molecule has 87 heavy (non-hydrogen) atoms. The average molecular weight is 1320 g/mol. The predicted molar refractivity (Wildman–Crippen MR) is 282 cm³/mol. The van der Waals surface area contributed by atoms with Crippen molar-refractivity contribution in [2.75, 3.05) is 18.4 Å². The van der Waals surface area contributed by atoms with Crippen LogP contribution in [0.5, 0.6) is 23.0 Å². The Hall–Kier alpha value is -8.20. The lowest BCUT2D eigenvalue weighted by atomic mass is 9.70. The zero-order chi connectivity index (χ0) is 64.2. The average Bonchev–Trinajstić information content (AvgIpc) is 1.27. The molecule has 0 saturated carbocycles. The Bertz CT molecular complexity index is 3400. The molecule has 8 aromatic rings. The van der Waals surface area contributed by atoms with Gasteiger partial charge < -0.3 is 30.0 Å². The van der Waals surface area contributed by atoms with Crippen LogP contribution in [0.15, 0.2) is 199 Å². The topological polar surface area (TPSA) is 75.0 Å². The SMILES string of the molecule is Fc1ccc(Br)cc1C(F)(F)F.Fc1ccc(NCC(Cc2ccccc2)(c2cccc(OC(F)(F)F)c2)c2cccc(OC(F)(F)F)c2)cc1C(F)(F)F.NCC(Cc1ccccc1)(c1cccc(OC(F)(F)F)c1)c1cccc(OC(F)(F)F)c1. The number of ether oxygens (including phenoxy) is 4. The van der Waals surface area contributed by atoms with E-state index in [2.05, 4.69) is 40.2 Å². The highest BCUT2D eigenvalue weighted by molar-refractivity contribution is 9.10. The molecule has 0 saturated heterocycles. The molecule has 6 nitrogen and oxygen atoms in total. The van der Waals surface area contributed by atoms with Crippen LogP contribution in [0.25, 0.3) is 0 Å². The molecule has 0 aromatic heterocycles. The summed E-state index contributed by atoms with van der Waals surface area (Å²) in [5.41, 5.74) is 2.77. The van der Waals surface area contributed by atoms with Crippen molar-refractivity contribution in [2.45, 2.75) is 61.5 Å². The van der Waals surface area contributed by atoms with Crippen molar-refractivity contribution in [1.29, 1.82) is 0 Å². The van der Waals surface area contributed by atoms with Gasteiger partial charge in [0.25, 0.3) is 0 Å². The number of hydrogen-bond acceptors (Lipinski definition) is 6. The molecule has 0 amide bonds. The van der Waals surface area contributed by atoms with Gasteiger partial charge in [-0.2, -0.15) is 26.3 Å². The first-order chi connectivity index (χ1) is 40.5. The summed E-state index contributed by atoms with van der Waals surface area (Å²) >= 11 is 2.82. The van der Waals surface area contributed by atoms with E-state index in [1.54, 1.807) is 72.8 Å². The summed E-state index contributed by atoms with van der Waals surface area (Å²) in [7, 11) is 0. The van der Waals surface area contributed by atoms with E-state index < -0.39 is 94.4 Å². The second-order valence-corrected chi connectivity index (χ2v) is 19.6. The van der Waals surface area contributed by atoms with Crippen LogP contribution in [-0.4, -0.2) is 38.5 Å². The van der Waals surface area contributed by atoms with Gasteiger partial charge in [0.1, 0.15) is 34.6 Å². The molecule has 0 radical (unpaired) electrons. The second kappa shape index (κ2) is 27.7. The highest BCUT2D eigenvalue weighted by Crippen LogP contribution is 2.43. The van der Waals surface area contributed by atoms with Crippen molar-refractivity contribution in [1.82, 2.24) is 0 Å². The van der Waals surface area contributed by atoms with Gasteiger partial charge in [-0.25, -0.2) is 8.78 Å². The summed E-state index contributed by atoms with van der Waals surface area (Å²) < 4.78 is 274. The van der Waals surface area contributed by atoms with E-state index in [1.807, 2.05) is 0 Å². The quantitative estimate of drug-likeness (QED) is 0.0939. The van der Waals surface area contributed by atoms with Crippen LogP contribution in [0.1, 0.15) is 44.5 Å². The van der Waals surface area contributed by atoms with Crippen molar-refractivity contribution in [3.63, 3.8) is 0 Å². The number of nitrogens with one attached hydrogen (secondary N) is 1. The zero-order valence-corrected chi connectivity index (χ0v) is 45.5. The number of rotatable bonds is 16. The van der Waals surface area contributed by atoms with Gasteiger partial charge in [0.05, 0.1) is 11.1 Å². The summed E-state index contributed by atoms with van der Waals surface area (Å²) in [5.74, 6) is -4.96. The van der Waals surface area contributed by atoms with Crippen molar-refractivity contribution < 1.29 is 107 Å². The molecule has 0 aliphatic rings. The third-order valence-corrected chi connectivity index (χ3v) is 13.1. The Morgan fingerprint density at radius 2 is 0.678 bits per heavy atom. The number of alkyl halides is 18. The van der Waals surface area contributed by atoms with Crippen molar-refractivity contribution in [3.8, 4) is 23.0 Å². The molecule has 8 aromatic carbocycles. The molecule has 8 rings (SSSR count). The van der Waals surface area contributed by atoms with Crippen molar-refractivity contribution >= 4 is 21.6 Å². The first kappa shape index (κ1) is 67.9. The fourth-order valence-corrected chi connectivity index (χ4v) is 9.35. The summed E-state index contributed by atoms with van der Waals surface area (Å²) in [4.78, 5) is 0. The van der Waals surface area contributed by atoms with E-state index >= 15 is 0 Å². The van der Waals surface area contributed by atoms with Gasteiger partial charge >= 0.3 is 37.8 Å². The molecular formula is C60H43BrF20N2O4. The number of benzene rings is 8. The smallest absolute Gasteiger partial charge is 0.406 e. The van der Waals surface area contributed by atoms with Crippen molar-refractivity contribution in [2.24, 2.45) is 5.73 Å². The Morgan fingerprint density at radius 3 is 1.00 bits per heavy atom. The molecule has 0 unspecified atom stereocenters. The van der Waals surface area contributed by atoms with E-state index in [0.29, 0.717) is 34.9 Å². The van der Waals surface area contributed by atoms with Gasteiger partial charge in [0.2, 0.25) is 0 Å².